The van der Waals surface area contributed by atoms with Crippen molar-refractivity contribution in [3.05, 3.63) is 23.9 Å². The van der Waals surface area contributed by atoms with Gasteiger partial charge < -0.3 is 10.4 Å². The highest BCUT2D eigenvalue weighted by Gasteiger charge is 2.41. The average molecular weight is 276 g/mol. The molecule has 0 atom stereocenters. The van der Waals surface area contributed by atoms with Crippen molar-refractivity contribution in [2.45, 2.75) is 45.4 Å². The number of carbonyl (C=O) groups excluding carboxylic acids is 1. The first-order chi connectivity index (χ1) is 9.52. The predicted octanol–water partition coefficient (Wildman–Crippen LogP) is 2.75. The molecule has 0 saturated heterocycles. The normalized spacial score (nSPS) is 17.4. The van der Waals surface area contributed by atoms with Crippen molar-refractivity contribution < 1.29 is 14.7 Å². The molecule has 1 aromatic heterocycles. The van der Waals surface area contributed by atoms with Crippen LogP contribution in [0.15, 0.2) is 18.2 Å². The minimum Gasteiger partial charge on any atom is -0.481 e. The minimum absolute atomic E-state index is 0.0257. The van der Waals surface area contributed by atoms with Crippen LogP contribution < -0.4 is 5.32 Å². The van der Waals surface area contributed by atoms with Gasteiger partial charge in [0.2, 0.25) is 5.91 Å². The van der Waals surface area contributed by atoms with Gasteiger partial charge in [-0.1, -0.05) is 25.3 Å². The Morgan fingerprint density at radius 2 is 2.00 bits per heavy atom. The van der Waals surface area contributed by atoms with E-state index in [9.17, 15) is 14.7 Å². The first-order valence-electron chi connectivity index (χ1n) is 6.99. The Morgan fingerprint density at radius 1 is 1.30 bits per heavy atom. The van der Waals surface area contributed by atoms with Crippen LogP contribution in [-0.2, 0) is 9.59 Å². The number of anilines is 1. The fourth-order valence-electron chi connectivity index (χ4n) is 2.80. The van der Waals surface area contributed by atoms with Crippen LogP contribution in [0.4, 0.5) is 5.82 Å². The number of carboxylic acid groups (broad SMARTS) is 1. The number of hydrogen-bond acceptors (Lipinski definition) is 3. The summed E-state index contributed by atoms with van der Waals surface area (Å²) in [6.45, 7) is 1.84. The second-order valence-electron chi connectivity index (χ2n) is 5.54. The molecule has 1 amide bonds. The number of aryl methyl sites for hydroxylation is 1. The highest BCUT2D eigenvalue weighted by Crippen LogP contribution is 2.39. The summed E-state index contributed by atoms with van der Waals surface area (Å²) >= 11 is 0. The summed E-state index contributed by atoms with van der Waals surface area (Å²) in [6.07, 6.45) is 3.99. The number of amides is 1. The number of aliphatic carboxylic acids is 1. The Hall–Kier alpha value is -1.91. The van der Waals surface area contributed by atoms with Crippen LogP contribution in [0.5, 0.6) is 0 Å². The third-order valence-electron chi connectivity index (χ3n) is 3.92. The highest BCUT2D eigenvalue weighted by molar-refractivity contribution is 5.93. The van der Waals surface area contributed by atoms with Crippen molar-refractivity contribution >= 4 is 17.7 Å². The summed E-state index contributed by atoms with van der Waals surface area (Å²) in [5, 5.41) is 12.1. The molecule has 5 nitrogen and oxygen atoms in total. The van der Waals surface area contributed by atoms with E-state index in [2.05, 4.69) is 10.3 Å². The second kappa shape index (κ2) is 6.03. The third kappa shape index (κ3) is 3.35. The monoisotopic (exact) mass is 276 g/mol. The third-order valence-corrected chi connectivity index (χ3v) is 3.92. The molecule has 108 valence electrons. The van der Waals surface area contributed by atoms with E-state index in [0.717, 1.165) is 25.0 Å². The Bertz CT molecular complexity index is 508. The van der Waals surface area contributed by atoms with E-state index in [0.29, 0.717) is 18.7 Å². The van der Waals surface area contributed by atoms with Gasteiger partial charge in [0, 0.05) is 12.1 Å². The van der Waals surface area contributed by atoms with Crippen LogP contribution in [-0.4, -0.2) is 22.0 Å². The Labute approximate surface area is 118 Å². The smallest absolute Gasteiger partial charge is 0.310 e. The zero-order valence-corrected chi connectivity index (χ0v) is 11.7. The molecule has 1 aliphatic rings. The zero-order chi connectivity index (χ0) is 14.6. The molecule has 0 bridgehead atoms. The molecule has 5 heteroatoms. The van der Waals surface area contributed by atoms with Gasteiger partial charge >= 0.3 is 5.97 Å². The van der Waals surface area contributed by atoms with Crippen LogP contribution in [0.3, 0.4) is 0 Å². The molecule has 1 saturated carbocycles. The molecule has 1 aromatic rings. The Balaban J connectivity index is 2.03. The van der Waals surface area contributed by atoms with Crippen molar-refractivity contribution in [3.8, 4) is 0 Å². The average Bonchev–Trinajstić information content (AvgIpc) is 2.39. The number of nitrogens with one attached hydrogen (secondary N) is 1. The van der Waals surface area contributed by atoms with Gasteiger partial charge in [-0.2, -0.15) is 0 Å². The fourth-order valence-corrected chi connectivity index (χ4v) is 2.80. The lowest BCUT2D eigenvalue weighted by atomic mass is 9.71. The lowest BCUT2D eigenvalue weighted by Gasteiger charge is -2.32. The van der Waals surface area contributed by atoms with Crippen LogP contribution in [0.2, 0.25) is 0 Å². The number of aromatic nitrogens is 1. The van der Waals surface area contributed by atoms with Gasteiger partial charge in [-0.3, -0.25) is 9.59 Å². The number of carbonyl (C=O) groups is 2. The molecule has 2 rings (SSSR count). The Morgan fingerprint density at radius 3 is 2.60 bits per heavy atom. The first-order valence-corrected chi connectivity index (χ1v) is 6.99. The van der Waals surface area contributed by atoms with Crippen molar-refractivity contribution in [1.82, 2.24) is 4.98 Å². The van der Waals surface area contributed by atoms with Gasteiger partial charge in [0.15, 0.2) is 0 Å². The molecule has 0 aromatic carbocycles. The minimum atomic E-state index is -0.897. The molecule has 1 fully saturated rings. The lowest BCUT2D eigenvalue weighted by molar-refractivity contribution is -0.153. The summed E-state index contributed by atoms with van der Waals surface area (Å²) < 4.78 is 0. The van der Waals surface area contributed by atoms with E-state index in [1.165, 1.54) is 0 Å². The molecule has 0 spiro atoms. The van der Waals surface area contributed by atoms with E-state index >= 15 is 0 Å². The maximum Gasteiger partial charge on any atom is 0.310 e. The molecule has 0 radical (unpaired) electrons. The number of carboxylic acids is 1. The van der Waals surface area contributed by atoms with Crippen LogP contribution >= 0.6 is 0 Å². The zero-order valence-electron chi connectivity index (χ0n) is 11.7. The van der Waals surface area contributed by atoms with Crippen LogP contribution in [0.1, 0.15) is 44.2 Å². The number of hydrogen-bond donors (Lipinski definition) is 2. The van der Waals surface area contributed by atoms with Gasteiger partial charge in [0.1, 0.15) is 5.82 Å². The molecule has 2 N–H and O–H groups in total. The molecule has 0 aliphatic heterocycles. The first kappa shape index (κ1) is 14.5. The molecule has 1 heterocycles. The summed E-state index contributed by atoms with van der Waals surface area (Å²) in [7, 11) is 0. The van der Waals surface area contributed by atoms with Crippen molar-refractivity contribution in [2.24, 2.45) is 5.41 Å². The van der Waals surface area contributed by atoms with E-state index in [1.807, 2.05) is 19.1 Å². The van der Waals surface area contributed by atoms with Gasteiger partial charge in [0.05, 0.1) is 5.41 Å². The summed E-state index contributed by atoms with van der Waals surface area (Å²) in [6, 6.07) is 5.36. The summed E-state index contributed by atoms with van der Waals surface area (Å²) in [4.78, 5) is 27.8. The van der Waals surface area contributed by atoms with E-state index < -0.39 is 11.4 Å². The standard InChI is InChI=1S/C15H20N2O3/c1-11-6-5-7-12(16-11)17-13(18)10-15(14(19)20)8-3-2-4-9-15/h5-7H,2-4,8-10H2,1H3,(H,19,20)(H,16,17,18). The van der Waals surface area contributed by atoms with Crippen molar-refractivity contribution in [2.75, 3.05) is 5.32 Å². The van der Waals surface area contributed by atoms with Gasteiger partial charge in [-0.05, 0) is 31.9 Å². The largest absolute Gasteiger partial charge is 0.481 e. The van der Waals surface area contributed by atoms with E-state index in [1.54, 1.807) is 6.07 Å². The van der Waals surface area contributed by atoms with Crippen molar-refractivity contribution in [1.29, 1.82) is 0 Å². The van der Waals surface area contributed by atoms with Gasteiger partial charge in [-0.25, -0.2) is 4.98 Å². The van der Waals surface area contributed by atoms with Gasteiger partial charge in [0.25, 0.3) is 0 Å². The summed E-state index contributed by atoms with van der Waals surface area (Å²) in [5.41, 5.74) is -0.0833. The van der Waals surface area contributed by atoms with E-state index in [-0.39, 0.29) is 12.3 Å². The van der Waals surface area contributed by atoms with E-state index in [4.69, 9.17) is 0 Å². The van der Waals surface area contributed by atoms with Crippen LogP contribution in [0.25, 0.3) is 0 Å². The number of nitrogens with zero attached hydrogens (tertiary/aromatic N) is 1. The Kier molecular flexibility index (Phi) is 4.37. The maximum absolute atomic E-state index is 12.1. The molecule has 0 unspecified atom stereocenters. The molecule has 1 aliphatic carbocycles. The maximum atomic E-state index is 12.1. The highest BCUT2D eigenvalue weighted by atomic mass is 16.4. The second-order valence-corrected chi connectivity index (χ2v) is 5.54. The van der Waals surface area contributed by atoms with Crippen molar-refractivity contribution in [3.63, 3.8) is 0 Å². The fraction of sp³-hybridized carbons (Fsp3) is 0.533. The van der Waals surface area contributed by atoms with Crippen LogP contribution in [0, 0.1) is 12.3 Å². The molecule has 20 heavy (non-hydrogen) atoms. The summed E-state index contributed by atoms with van der Waals surface area (Å²) in [5.74, 6) is -0.650. The molecular formula is C15H20N2O3. The number of rotatable bonds is 4. The number of pyridine rings is 1. The quantitative estimate of drug-likeness (QED) is 0.886. The molecular weight excluding hydrogens is 256 g/mol. The predicted molar refractivity (Wildman–Crippen MR) is 75.4 cm³/mol. The lowest BCUT2D eigenvalue weighted by Crippen LogP contribution is -2.37. The topological polar surface area (TPSA) is 79.3 Å². The SMILES string of the molecule is Cc1cccc(NC(=O)CC2(C(=O)O)CCCCC2)n1. The van der Waals surface area contributed by atoms with Gasteiger partial charge in [-0.15, -0.1) is 0 Å².